The first-order chi connectivity index (χ1) is 8.92. The fourth-order valence-electron chi connectivity index (χ4n) is 3.34. The highest BCUT2D eigenvalue weighted by atomic mass is 16.2. The topological polar surface area (TPSA) is 49.4 Å². The summed E-state index contributed by atoms with van der Waals surface area (Å²) >= 11 is 0. The maximum absolute atomic E-state index is 12.8. The SMILES string of the molecule is CCC1(CN2C(=O)C(C)(C3CC3)NC(=O)C2C)CC1. The zero-order valence-corrected chi connectivity index (χ0v) is 12.2. The molecule has 4 heteroatoms. The second-order valence-corrected chi connectivity index (χ2v) is 6.93. The maximum Gasteiger partial charge on any atom is 0.249 e. The van der Waals surface area contributed by atoms with Gasteiger partial charge in [-0.15, -0.1) is 0 Å². The van der Waals surface area contributed by atoms with E-state index in [1.807, 2.05) is 18.7 Å². The van der Waals surface area contributed by atoms with Gasteiger partial charge < -0.3 is 10.2 Å². The first kappa shape index (κ1) is 12.9. The minimum atomic E-state index is -0.645. The Kier molecular flexibility index (Phi) is 2.70. The smallest absolute Gasteiger partial charge is 0.249 e. The molecule has 1 aliphatic heterocycles. The first-order valence-corrected chi connectivity index (χ1v) is 7.55. The summed E-state index contributed by atoms with van der Waals surface area (Å²) in [5.41, 5.74) is -0.348. The van der Waals surface area contributed by atoms with Crippen molar-refractivity contribution >= 4 is 11.8 Å². The number of hydrogen-bond donors (Lipinski definition) is 1. The summed E-state index contributed by atoms with van der Waals surface area (Å²) in [6.07, 6.45) is 5.61. The van der Waals surface area contributed by atoms with E-state index in [0.29, 0.717) is 11.3 Å². The molecule has 2 unspecified atom stereocenters. The summed E-state index contributed by atoms with van der Waals surface area (Å²) in [6.45, 7) is 6.71. The number of hydrogen-bond acceptors (Lipinski definition) is 2. The van der Waals surface area contributed by atoms with Gasteiger partial charge in [0.05, 0.1) is 0 Å². The van der Waals surface area contributed by atoms with Crippen LogP contribution in [0.25, 0.3) is 0 Å². The van der Waals surface area contributed by atoms with E-state index >= 15 is 0 Å². The van der Waals surface area contributed by atoms with Gasteiger partial charge in [0.25, 0.3) is 0 Å². The molecule has 1 N–H and O–H groups in total. The van der Waals surface area contributed by atoms with Crippen molar-refractivity contribution in [1.82, 2.24) is 10.2 Å². The minimum absolute atomic E-state index is 0.0147. The van der Waals surface area contributed by atoms with Gasteiger partial charge in [0.15, 0.2) is 0 Å². The third-order valence-electron chi connectivity index (χ3n) is 5.54. The van der Waals surface area contributed by atoms with Gasteiger partial charge in [0.1, 0.15) is 11.6 Å². The molecule has 0 aromatic rings. The molecule has 19 heavy (non-hydrogen) atoms. The second-order valence-electron chi connectivity index (χ2n) is 6.93. The number of nitrogens with one attached hydrogen (secondary N) is 1. The summed E-state index contributed by atoms with van der Waals surface area (Å²) < 4.78 is 0. The van der Waals surface area contributed by atoms with Crippen molar-refractivity contribution in [2.75, 3.05) is 6.54 Å². The highest BCUT2D eigenvalue weighted by Crippen LogP contribution is 2.50. The normalized spacial score (nSPS) is 37.2. The van der Waals surface area contributed by atoms with Gasteiger partial charge in [0, 0.05) is 6.54 Å². The van der Waals surface area contributed by atoms with Crippen LogP contribution in [0.1, 0.15) is 52.9 Å². The van der Waals surface area contributed by atoms with Crippen LogP contribution in [0.15, 0.2) is 0 Å². The molecule has 0 aromatic carbocycles. The van der Waals surface area contributed by atoms with Crippen molar-refractivity contribution < 1.29 is 9.59 Å². The molecular formula is C15H24N2O2. The van der Waals surface area contributed by atoms with Gasteiger partial charge in [0.2, 0.25) is 11.8 Å². The fraction of sp³-hybridized carbons (Fsp3) is 0.867. The molecule has 0 bridgehead atoms. The summed E-state index contributed by atoms with van der Waals surface area (Å²) in [4.78, 5) is 26.9. The van der Waals surface area contributed by atoms with E-state index in [4.69, 9.17) is 0 Å². The second kappa shape index (κ2) is 3.97. The average molecular weight is 264 g/mol. The van der Waals surface area contributed by atoms with Crippen LogP contribution in [0.5, 0.6) is 0 Å². The van der Waals surface area contributed by atoms with Gasteiger partial charge in [-0.05, 0) is 57.3 Å². The molecule has 106 valence electrons. The Bertz CT molecular complexity index is 426. The van der Waals surface area contributed by atoms with Crippen LogP contribution in [0.4, 0.5) is 0 Å². The first-order valence-electron chi connectivity index (χ1n) is 7.55. The zero-order chi connectivity index (χ0) is 13.8. The number of nitrogens with zero attached hydrogens (tertiary/aromatic N) is 1. The summed E-state index contributed by atoms with van der Waals surface area (Å²) in [7, 11) is 0. The fourth-order valence-corrected chi connectivity index (χ4v) is 3.34. The molecule has 0 spiro atoms. The van der Waals surface area contributed by atoms with Crippen molar-refractivity contribution in [3.63, 3.8) is 0 Å². The number of carbonyl (C=O) groups excluding carboxylic acids is 2. The van der Waals surface area contributed by atoms with Crippen molar-refractivity contribution in [3.05, 3.63) is 0 Å². The minimum Gasteiger partial charge on any atom is -0.340 e. The molecule has 3 fully saturated rings. The van der Waals surface area contributed by atoms with E-state index in [2.05, 4.69) is 12.2 Å². The van der Waals surface area contributed by atoms with Gasteiger partial charge in [-0.1, -0.05) is 6.92 Å². The molecule has 4 nitrogen and oxygen atoms in total. The van der Waals surface area contributed by atoms with Crippen LogP contribution in [0, 0.1) is 11.3 Å². The van der Waals surface area contributed by atoms with Crippen LogP contribution in [-0.4, -0.2) is 34.8 Å². The number of carbonyl (C=O) groups is 2. The Hall–Kier alpha value is -1.06. The zero-order valence-electron chi connectivity index (χ0n) is 12.2. The van der Waals surface area contributed by atoms with Gasteiger partial charge >= 0.3 is 0 Å². The molecular weight excluding hydrogens is 240 g/mol. The molecule has 3 aliphatic rings. The quantitative estimate of drug-likeness (QED) is 0.840. The number of rotatable bonds is 4. The Morgan fingerprint density at radius 2 is 1.95 bits per heavy atom. The average Bonchev–Trinajstić information content (AvgIpc) is 3.26. The summed E-state index contributed by atoms with van der Waals surface area (Å²) in [5.74, 6) is 0.499. The Morgan fingerprint density at radius 1 is 1.32 bits per heavy atom. The van der Waals surface area contributed by atoms with Crippen molar-refractivity contribution in [2.45, 2.75) is 64.5 Å². The molecule has 2 aliphatic carbocycles. The van der Waals surface area contributed by atoms with Gasteiger partial charge in [-0.25, -0.2) is 0 Å². The monoisotopic (exact) mass is 264 g/mol. The third kappa shape index (κ3) is 1.96. The molecule has 2 amide bonds. The Labute approximate surface area is 114 Å². The van der Waals surface area contributed by atoms with E-state index in [9.17, 15) is 9.59 Å². The van der Waals surface area contributed by atoms with Crippen molar-refractivity contribution in [1.29, 1.82) is 0 Å². The molecule has 0 aromatic heterocycles. The van der Waals surface area contributed by atoms with E-state index < -0.39 is 5.54 Å². The number of piperazine rings is 1. The predicted molar refractivity (Wildman–Crippen MR) is 72.4 cm³/mol. The van der Waals surface area contributed by atoms with E-state index in [0.717, 1.165) is 25.8 Å². The number of amides is 2. The van der Waals surface area contributed by atoms with E-state index in [-0.39, 0.29) is 17.9 Å². The molecule has 2 atom stereocenters. The van der Waals surface area contributed by atoms with Gasteiger partial charge in [-0.2, -0.15) is 0 Å². The maximum atomic E-state index is 12.8. The molecule has 2 saturated carbocycles. The molecule has 3 rings (SSSR count). The lowest BCUT2D eigenvalue weighted by Gasteiger charge is -2.45. The third-order valence-corrected chi connectivity index (χ3v) is 5.54. The van der Waals surface area contributed by atoms with Gasteiger partial charge in [-0.3, -0.25) is 9.59 Å². The van der Waals surface area contributed by atoms with Crippen LogP contribution >= 0.6 is 0 Å². The Balaban J connectivity index is 1.83. The largest absolute Gasteiger partial charge is 0.340 e. The predicted octanol–water partition coefficient (Wildman–Crippen LogP) is 1.69. The summed E-state index contributed by atoms with van der Waals surface area (Å²) in [5, 5.41) is 2.98. The van der Waals surface area contributed by atoms with Crippen molar-refractivity contribution in [2.24, 2.45) is 11.3 Å². The highest BCUT2D eigenvalue weighted by Gasteiger charge is 2.56. The lowest BCUT2D eigenvalue weighted by atomic mass is 9.88. The lowest BCUT2D eigenvalue weighted by molar-refractivity contribution is -0.155. The van der Waals surface area contributed by atoms with Crippen molar-refractivity contribution in [3.8, 4) is 0 Å². The standard InChI is InChI=1S/C15H24N2O2/c1-4-15(7-8-15)9-17-10(2)12(18)16-14(3,13(17)19)11-5-6-11/h10-11H,4-9H2,1-3H3,(H,16,18). The molecule has 1 heterocycles. The van der Waals surface area contributed by atoms with Crippen LogP contribution in [0.3, 0.4) is 0 Å². The summed E-state index contributed by atoms with van der Waals surface area (Å²) in [6, 6.07) is -0.316. The Morgan fingerprint density at radius 3 is 2.42 bits per heavy atom. The molecule has 1 saturated heterocycles. The highest BCUT2D eigenvalue weighted by molar-refractivity contribution is 5.99. The van der Waals surface area contributed by atoms with Crippen LogP contribution in [-0.2, 0) is 9.59 Å². The van der Waals surface area contributed by atoms with Crippen LogP contribution < -0.4 is 5.32 Å². The molecule has 0 radical (unpaired) electrons. The lowest BCUT2D eigenvalue weighted by Crippen LogP contribution is -2.70. The van der Waals surface area contributed by atoms with Crippen LogP contribution in [0.2, 0.25) is 0 Å². The van der Waals surface area contributed by atoms with E-state index in [1.54, 1.807) is 0 Å². The van der Waals surface area contributed by atoms with E-state index in [1.165, 1.54) is 12.8 Å².